The van der Waals surface area contributed by atoms with Crippen molar-refractivity contribution in [1.29, 1.82) is 0 Å². The standard InChI is InChI=1S/C24H42O2/c1-2-3-4-5-6-7-8-9-10-11-12-13-14-15-19-22-24(25)26-23-20-17-16-18-21-23/h6-7,9-10,23H,2-5,8,11-22H2,1H3. The van der Waals surface area contributed by atoms with Crippen LogP contribution in [-0.4, -0.2) is 12.1 Å². The fourth-order valence-corrected chi connectivity index (χ4v) is 3.51. The van der Waals surface area contributed by atoms with Crippen LogP contribution in [0.3, 0.4) is 0 Å². The Labute approximate surface area is 162 Å². The van der Waals surface area contributed by atoms with Gasteiger partial charge in [-0.1, -0.05) is 69.8 Å². The molecule has 0 spiro atoms. The van der Waals surface area contributed by atoms with E-state index >= 15 is 0 Å². The Morgan fingerprint density at radius 3 is 2.12 bits per heavy atom. The molecular weight excluding hydrogens is 320 g/mol. The fourth-order valence-electron chi connectivity index (χ4n) is 3.51. The van der Waals surface area contributed by atoms with E-state index in [1.54, 1.807) is 0 Å². The number of carbonyl (C=O) groups excluding carboxylic acids is 1. The fraction of sp³-hybridized carbons (Fsp3) is 0.792. The molecule has 0 amide bonds. The Kier molecular flexibility index (Phi) is 15.4. The maximum Gasteiger partial charge on any atom is 0.306 e. The van der Waals surface area contributed by atoms with Crippen molar-refractivity contribution in [1.82, 2.24) is 0 Å². The minimum atomic E-state index is 0.0302. The van der Waals surface area contributed by atoms with Gasteiger partial charge in [0.25, 0.3) is 0 Å². The van der Waals surface area contributed by atoms with Gasteiger partial charge in [0.15, 0.2) is 0 Å². The van der Waals surface area contributed by atoms with Crippen molar-refractivity contribution in [2.75, 3.05) is 0 Å². The van der Waals surface area contributed by atoms with E-state index in [2.05, 4.69) is 31.2 Å². The first-order valence-electron chi connectivity index (χ1n) is 11.3. The summed E-state index contributed by atoms with van der Waals surface area (Å²) >= 11 is 0. The van der Waals surface area contributed by atoms with Gasteiger partial charge in [0.1, 0.15) is 6.10 Å². The highest BCUT2D eigenvalue weighted by Gasteiger charge is 2.17. The Morgan fingerprint density at radius 1 is 0.808 bits per heavy atom. The first-order valence-corrected chi connectivity index (χ1v) is 11.3. The molecule has 0 radical (unpaired) electrons. The molecule has 0 unspecified atom stereocenters. The van der Waals surface area contributed by atoms with Gasteiger partial charge in [0, 0.05) is 6.42 Å². The van der Waals surface area contributed by atoms with Crippen LogP contribution in [0.2, 0.25) is 0 Å². The second-order valence-corrected chi connectivity index (χ2v) is 7.73. The third-order valence-corrected chi connectivity index (χ3v) is 5.18. The van der Waals surface area contributed by atoms with E-state index in [0.29, 0.717) is 6.42 Å². The third-order valence-electron chi connectivity index (χ3n) is 5.18. The number of esters is 1. The molecule has 0 saturated heterocycles. The van der Waals surface area contributed by atoms with E-state index in [4.69, 9.17) is 4.74 Å². The number of hydrogen-bond acceptors (Lipinski definition) is 2. The second-order valence-electron chi connectivity index (χ2n) is 7.73. The minimum Gasteiger partial charge on any atom is -0.462 e. The predicted molar refractivity (Wildman–Crippen MR) is 112 cm³/mol. The van der Waals surface area contributed by atoms with Crippen molar-refractivity contribution in [3.05, 3.63) is 24.3 Å². The number of carbonyl (C=O) groups is 1. The van der Waals surface area contributed by atoms with E-state index in [1.807, 2.05) is 0 Å². The molecule has 0 heterocycles. The smallest absolute Gasteiger partial charge is 0.306 e. The van der Waals surface area contributed by atoms with E-state index in [9.17, 15) is 4.79 Å². The van der Waals surface area contributed by atoms with Crippen molar-refractivity contribution < 1.29 is 9.53 Å². The monoisotopic (exact) mass is 362 g/mol. The van der Waals surface area contributed by atoms with Gasteiger partial charge >= 0.3 is 5.97 Å². The van der Waals surface area contributed by atoms with Crippen LogP contribution in [0.5, 0.6) is 0 Å². The summed E-state index contributed by atoms with van der Waals surface area (Å²) in [6.45, 7) is 2.25. The van der Waals surface area contributed by atoms with Gasteiger partial charge in [-0.3, -0.25) is 4.79 Å². The quantitative estimate of drug-likeness (QED) is 0.170. The van der Waals surface area contributed by atoms with Gasteiger partial charge in [0.2, 0.25) is 0 Å². The average Bonchev–Trinajstić information content (AvgIpc) is 2.65. The van der Waals surface area contributed by atoms with Crippen LogP contribution in [-0.2, 0) is 9.53 Å². The summed E-state index contributed by atoms with van der Waals surface area (Å²) in [5.41, 5.74) is 0. The molecule has 1 fully saturated rings. The van der Waals surface area contributed by atoms with Crippen molar-refractivity contribution in [2.24, 2.45) is 0 Å². The molecule has 0 atom stereocenters. The van der Waals surface area contributed by atoms with E-state index in [1.165, 1.54) is 70.6 Å². The summed E-state index contributed by atoms with van der Waals surface area (Å²) in [5.74, 6) is 0.0302. The van der Waals surface area contributed by atoms with Gasteiger partial charge in [-0.25, -0.2) is 0 Å². The van der Waals surface area contributed by atoms with E-state index in [0.717, 1.165) is 32.1 Å². The highest BCUT2D eigenvalue weighted by molar-refractivity contribution is 5.69. The van der Waals surface area contributed by atoms with Gasteiger partial charge in [-0.05, 0) is 64.2 Å². The molecule has 0 aromatic heterocycles. The highest BCUT2D eigenvalue weighted by Crippen LogP contribution is 2.21. The molecule has 1 aliphatic rings. The Bertz CT molecular complexity index is 378. The van der Waals surface area contributed by atoms with Gasteiger partial charge in [0.05, 0.1) is 0 Å². The summed E-state index contributed by atoms with van der Waals surface area (Å²) in [6.07, 6.45) is 29.4. The lowest BCUT2D eigenvalue weighted by Crippen LogP contribution is -2.20. The lowest BCUT2D eigenvalue weighted by molar-refractivity contribution is -0.150. The number of unbranched alkanes of at least 4 members (excludes halogenated alkanes) is 8. The lowest BCUT2D eigenvalue weighted by Gasteiger charge is -2.21. The zero-order valence-corrected chi connectivity index (χ0v) is 17.2. The van der Waals surface area contributed by atoms with Crippen LogP contribution in [0.25, 0.3) is 0 Å². The van der Waals surface area contributed by atoms with Crippen molar-refractivity contribution >= 4 is 5.97 Å². The zero-order chi connectivity index (χ0) is 18.7. The van der Waals surface area contributed by atoms with Crippen molar-refractivity contribution in [3.8, 4) is 0 Å². The molecule has 1 aliphatic carbocycles. The van der Waals surface area contributed by atoms with Crippen LogP contribution in [0.1, 0.15) is 116 Å². The van der Waals surface area contributed by atoms with E-state index in [-0.39, 0.29) is 12.1 Å². The topological polar surface area (TPSA) is 26.3 Å². The lowest BCUT2D eigenvalue weighted by atomic mass is 9.98. The maximum absolute atomic E-state index is 11.8. The average molecular weight is 363 g/mol. The molecule has 0 N–H and O–H groups in total. The summed E-state index contributed by atoms with van der Waals surface area (Å²) < 4.78 is 5.56. The van der Waals surface area contributed by atoms with Crippen LogP contribution in [0.4, 0.5) is 0 Å². The van der Waals surface area contributed by atoms with Crippen molar-refractivity contribution in [2.45, 2.75) is 122 Å². The largest absolute Gasteiger partial charge is 0.462 e. The summed E-state index contributed by atoms with van der Waals surface area (Å²) in [7, 11) is 0. The molecule has 2 heteroatoms. The molecule has 1 saturated carbocycles. The van der Waals surface area contributed by atoms with E-state index < -0.39 is 0 Å². The predicted octanol–water partition coefficient (Wildman–Crippen LogP) is 7.68. The third kappa shape index (κ3) is 14.2. The molecule has 1 rings (SSSR count). The van der Waals surface area contributed by atoms with Crippen LogP contribution in [0, 0.1) is 0 Å². The molecule has 26 heavy (non-hydrogen) atoms. The highest BCUT2D eigenvalue weighted by atomic mass is 16.5. The van der Waals surface area contributed by atoms with Crippen molar-refractivity contribution in [3.63, 3.8) is 0 Å². The summed E-state index contributed by atoms with van der Waals surface area (Å²) in [6, 6.07) is 0. The molecule has 0 bridgehead atoms. The Balaban J connectivity index is 1.82. The first kappa shape index (κ1) is 23.0. The minimum absolute atomic E-state index is 0.0302. The molecule has 2 nitrogen and oxygen atoms in total. The summed E-state index contributed by atoms with van der Waals surface area (Å²) in [5, 5.41) is 0. The van der Waals surface area contributed by atoms with Gasteiger partial charge in [-0.15, -0.1) is 0 Å². The number of allylic oxidation sites excluding steroid dienone is 4. The zero-order valence-electron chi connectivity index (χ0n) is 17.2. The Hall–Kier alpha value is -1.05. The van der Waals surface area contributed by atoms with Gasteiger partial charge in [-0.2, -0.15) is 0 Å². The SMILES string of the molecule is CCCCCC=CCC=CCCCCCCCC(=O)OC1CCCCC1. The first-order chi connectivity index (χ1) is 12.8. The second kappa shape index (κ2) is 17.4. The number of hydrogen-bond donors (Lipinski definition) is 0. The Morgan fingerprint density at radius 2 is 1.42 bits per heavy atom. The molecule has 0 aromatic carbocycles. The van der Waals surface area contributed by atoms with Crippen LogP contribution in [0.15, 0.2) is 24.3 Å². The van der Waals surface area contributed by atoms with Gasteiger partial charge < -0.3 is 4.74 Å². The molecular formula is C24H42O2. The normalized spacial score (nSPS) is 15.9. The molecule has 0 aromatic rings. The number of rotatable bonds is 15. The molecule has 150 valence electrons. The molecule has 0 aliphatic heterocycles. The van der Waals surface area contributed by atoms with Crippen LogP contribution < -0.4 is 0 Å². The summed E-state index contributed by atoms with van der Waals surface area (Å²) in [4.78, 5) is 11.8. The van der Waals surface area contributed by atoms with Crippen LogP contribution >= 0.6 is 0 Å². The number of ether oxygens (including phenoxy) is 1. The maximum atomic E-state index is 11.8.